The fraction of sp³-hybridized carbons (Fsp3) is 0.158. The molecule has 4 nitrogen and oxygen atoms in total. The summed E-state index contributed by atoms with van der Waals surface area (Å²) in [4.78, 5) is 12.0. The average Bonchev–Trinajstić information content (AvgIpc) is 2.60. The molecule has 0 bridgehead atoms. The SMILES string of the molecule is CCOc1ccc(/C=C(/C#N)C(=O)OCc2ccccc2)cc1. The van der Waals surface area contributed by atoms with Crippen LogP contribution in [0, 0.1) is 11.3 Å². The Morgan fingerprint density at radius 2 is 1.83 bits per heavy atom. The standard InChI is InChI=1S/C19H17NO3/c1-2-22-18-10-8-15(9-11-18)12-17(13-20)19(21)23-14-16-6-4-3-5-7-16/h3-12H,2,14H2,1H3/b17-12-. The van der Waals surface area contributed by atoms with Gasteiger partial charge in [0.25, 0.3) is 0 Å². The third-order valence-corrected chi connectivity index (χ3v) is 3.06. The van der Waals surface area contributed by atoms with E-state index in [0.717, 1.165) is 16.9 Å². The largest absolute Gasteiger partial charge is 0.494 e. The van der Waals surface area contributed by atoms with Crippen molar-refractivity contribution in [3.63, 3.8) is 0 Å². The predicted molar refractivity (Wildman–Crippen MR) is 87.4 cm³/mol. The van der Waals surface area contributed by atoms with Gasteiger partial charge in [-0.25, -0.2) is 4.79 Å². The molecular weight excluding hydrogens is 290 g/mol. The van der Waals surface area contributed by atoms with Gasteiger partial charge in [0.1, 0.15) is 24.0 Å². The Morgan fingerprint density at radius 1 is 1.13 bits per heavy atom. The zero-order valence-corrected chi connectivity index (χ0v) is 12.9. The van der Waals surface area contributed by atoms with E-state index >= 15 is 0 Å². The third-order valence-electron chi connectivity index (χ3n) is 3.06. The molecule has 0 fully saturated rings. The second-order valence-corrected chi connectivity index (χ2v) is 4.73. The van der Waals surface area contributed by atoms with Gasteiger partial charge < -0.3 is 9.47 Å². The number of benzene rings is 2. The molecule has 0 amide bonds. The number of hydrogen-bond donors (Lipinski definition) is 0. The summed E-state index contributed by atoms with van der Waals surface area (Å²) in [6, 6.07) is 18.4. The molecule has 0 heterocycles. The molecule has 0 saturated heterocycles. The van der Waals surface area contributed by atoms with Gasteiger partial charge >= 0.3 is 5.97 Å². The Morgan fingerprint density at radius 3 is 2.43 bits per heavy atom. The van der Waals surface area contributed by atoms with Crippen molar-refractivity contribution in [2.24, 2.45) is 0 Å². The minimum Gasteiger partial charge on any atom is -0.494 e. The summed E-state index contributed by atoms with van der Waals surface area (Å²) in [6.07, 6.45) is 1.50. The lowest BCUT2D eigenvalue weighted by Crippen LogP contribution is -2.06. The molecule has 0 unspecified atom stereocenters. The van der Waals surface area contributed by atoms with Gasteiger partial charge in [-0.15, -0.1) is 0 Å². The molecule has 0 radical (unpaired) electrons. The highest BCUT2D eigenvalue weighted by Gasteiger charge is 2.11. The fourth-order valence-electron chi connectivity index (χ4n) is 1.93. The first-order valence-corrected chi connectivity index (χ1v) is 7.28. The molecule has 116 valence electrons. The summed E-state index contributed by atoms with van der Waals surface area (Å²) < 4.78 is 10.5. The van der Waals surface area contributed by atoms with E-state index in [1.165, 1.54) is 6.08 Å². The molecule has 0 aromatic heterocycles. The van der Waals surface area contributed by atoms with Gasteiger partial charge in [-0.3, -0.25) is 0 Å². The van der Waals surface area contributed by atoms with Crippen molar-refractivity contribution in [1.82, 2.24) is 0 Å². The van der Waals surface area contributed by atoms with Crippen LogP contribution in [0.2, 0.25) is 0 Å². The number of esters is 1. The lowest BCUT2D eigenvalue weighted by Gasteiger charge is -2.05. The highest BCUT2D eigenvalue weighted by atomic mass is 16.5. The first-order valence-electron chi connectivity index (χ1n) is 7.28. The van der Waals surface area contributed by atoms with Gasteiger partial charge in [-0.05, 0) is 36.3 Å². The second kappa shape index (κ2) is 8.40. The monoisotopic (exact) mass is 307 g/mol. The Bertz CT molecular complexity index is 713. The fourth-order valence-corrected chi connectivity index (χ4v) is 1.93. The molecule has 2 aromatic carbocycles. The van der Waals surface area contributed by atoms with E-state index in [9.17, 15) is 4.79 Å². The Balaban J connectivity index is 2.03. The van der Waals surface area contributed by atoms with Crippen LogP contribution in [0.3, 0.4) is 0 Å². The van der Waals surface area contributed by atoms with Gasteiger partial charge in [-0.2, -0.15) is 5.26 Å². The summed E-state index contributed by atoms with van der Waals surface area (Å²) in [6.45, 7) is 2.64. The molecule has 2 rings (SSSR count). The molecule has 0 saturated carbocycles. The van der Waals surface area contributed by atoms with Gasteiger partial charge in [0.2, 0.25) is 0 Å². The molecular formula is C19H17NO3. The van der Waals surface area contributed by atoms with Crippen molar-refractivity contribution in [2.75, 3.05) is 6.61 Å². The predicted octanol–water partition coefficient (Wildman–Crippen LogP) is 3.74. The minimum atomic E-state index is -0.634. The Kier molecular flexibility index (Phi) is 5.96. The van der Waals surface area contributed by atoms with Crippen LogP contribution < -0.4 is 4.74 Å². The number of carbonyl (C=O) groups excluding carboxylic acids is 1. The van der Waals surface area contributed by atoms with E-state index < -0.39 is 5.97 Å². The minimum absolute atomic E-state index is 0.0370. The maximum Gasteiger partial charge on any atom is 0.349 e. The van der Waals surface area contributed by atoms with Gasteiger partial charge in [0.15, 0.2) is 0 Å². The van der Waals surface area contributed by atoms with Crippen molar-refractivity contribution in [2.45, 2.75) is 13.5 Å². The van der Waals surface area contributed by atoms with Gasteiger partial charge in [-0.1, -0.05) is 42.5 Å². The molecule has 0 aliphatic heterocycles. The normalized spacial score (nSPS) is 10.7. The van der Waals surface area contributed by atoms with Crippen molar-refractivity contribution >= 4 is 12.0 Å². The highest BCUT2D eigenvalue weighted by Crippen LogP contribution is 2.15. The van der Waals surface area contributed by atoms with Crippen molar-refractivity contribution in [3.8, 4) is 11.8 Å². The zero-order valence-electron chi connectivity index (χ0n) is 12.9. The first-order chi connectivity index (χ1) is 11.2. The quantitative estimate of drug-likeness (QED) is 0.463. The molecule has 0 spiro atoms. The number of nitriles is 1. The Labute approximate surface area is 135 Å². The van der Waals surface area contributed by atoms with Crippen LogP contribution in [0.4, 0.5) is 0 Å². The first kappa shape index (κ1) is 16.3. The van der Waals surface area contributed by atoms with Crippen LogP contribution in [-0.4, -0.2) is 12.6 Å². The van der Waals surface area contributed by atoms with Crippen LogP contribution in [0.1, 0.15) is 18.1 Å². The number of hydrogen-bond acceptors (Lipinski definition) is 4. The lowest BCUT2D eigenvalue weighted by atomic mass is 10.1. The number of ether oxygens (including phenoxy) is 2. The molecule has 0 N–H and O–H groups in total. The second-order valence-electron chi connectivity index (χ2n) is 4.73. The van der Waals surface area contributed by atoms with Crippen LogP contribution >= 0.6 is 0 Å². The summed E-state index contributed by atoms with van der Waals surface area (Å²) in [5.41, 5.74) is 1.57. The lowest BCUT2D eigenvalue weighted by molar-refractivity contribution is -0.139. The topological polar surface area (TPSA) is 59.3 Å². The van der Waals surface area contributed by atoms with Crippen molar-refractivity contribution < 1.29 is 14.3 Å². The Hall–Kier alpha value is -3.06. The number of rotatable bonds is 6. The summed E-state index contributed by atoms with van der Waals surface area (Å²) in [7, 11) is 0. The molecule has 23 heavy (non-hydrogen) atoms. The van der Waals surface area contributed by atoms with Crippen LogP contribution in [0.15, 0.2) is 60.2 Å². The molecule has 4 heteroatoms. The van der Waals surface area contributed by atoms with Crippen LogP contribution in [0.5, 0.6) is 5.75 Å². The van der Waals surface area contributed by atoms with Crippen molar-refractivity contribution in [1.29, 1.82) is 5.26 Å². The third kappa shape index (κ3) is 5.01. The highest BCUT2D eigenvalue weighted by molar-refractivity contribution is 5.97. The molecule has 0 aliphatic rings. The average molecular weight is 307 g/mol. The van der Waals surface area contributed by atoms with E-state index in [4.69, 9.17) is 14.7 Å². The van der Waals surface area contributed by atoms with Crippen LogP contribution in [-0.2, 0) is 16.1 Å². The van der Waals surface area contributed by atoms with E-state index in [2.05, 4.69) is 0 Å². The van der Waals surface area contributed by atoms with E-state index in [1.54, 1.807) is 24.3 Å². The maximum absolute atomic E-state index is 12.0. The molecule has 2 aromatic rings. The van der Waals surface area contributed by atoms with Gasteiger partial charge in [0.05, 0.1) is 6.61 Å². The summed E-state index contributed by atoms with van der Waals surface area (Å²) in [5, 5.41) is 9.15. The number of carbonyl (C=O) groups is 1. The maximum atomic E-state index is 12.0. The van der Waals surface area contributed by atoms with Gasteiger partial charge in [0, 0.05) is 0 Å². The summed E-state index contributed by atoms with van der Waals surface area (Å²) in [5.74, 6) is 0.111. The van der Waals surface area contributed by atoms with E-state index in [1.807, 2.05) is 43.3 Å². The zero-order chi connectivity index (χ0) is 16.5. The van der Waals surface area contributed by atoms with Crippen molar-refractivity contribution in [3.05, 3.63) is 71.3 Å². The smallest absolute Gasteiger partial charge is 0.349 e. The number of nitrogens with zero attached hydrogens (tertiary/aromatic N) is 1. The summed E-state index contributed by atoms with van der Waals surface area (Å²) >= 11 is 0. The molecule has 0 atom stereocenters. The van der Waals surface area contributed by atoms with E-state index in [0.29, 0.717) is 6.61 Å². The van der Waals surface area contributed by atoms with Crippen LogP contribution in [0.25, 0.3) is 6.08 Å². The molecule has 0 aliphatic carbocycles. The van der Waals surface area contributed by atoms with E-state index in [-0.39, 0.29) is 12.2 Å².